The number of ether oxygens (including phenoxy) is 2. The van der Waals surface area contributed by atoms with Crippen molar-refractivity contribution in [2.75, 3.05) is 6.79 Å². The first-order chi connectivity index (χ1) is 9.81. The van der Waals surface area contributed by atoms with Crippen molar-refractivity contribution in [1.29, 1.82) is 0 Å². The Bertz CT molecular complexity index is 598. The topological polar surface area (TPSA) is 60.5 Å². The molecular formula is C14H14N2O3S. The Balaban J connectivity index is 1.48. The molecule has 104 valence electrons. The molecular weight excluding hydrogens is 276 g/mol. The first-order valence-corrected chi connectivity index (χ1v) is 7.23. The van der Waals surface area contributed by atoms with E-state index in [0.717, 1.165) is 22.1 Å². The van der Waals surface area contributed by atoms with E-state index < -0.39 is 0 Å². The van der Waals surface area contributed by atoms with Crippen LogP contribution in [0, 0.1) is 0 Å². The van der Waals surface area contributed by atoms with E-state index in [-0.39, 0.29) is 12.7 Å². The number of nitrogens with one attached hydrogen (secondary N) is 1. The number of aryl methyl sites for hydroxylation is 1. The number of thiazole rings is 1. The molecule has 2 aromatic rings. The van der Waals surface area contributed by atoms with Gasteiger partial charge in [-0.15, -0.1) is 11.3 Å². The summed E-state index contributed by atoms with van der Waals surface area (Å²) in [6, 6.07) is 5.68. The molecule has 0 aliphatic carbocycles. The highest BCUT2D eigenvalue weighted by atomic mass is 32.1. The van der Waals surface area contributed by atoms with Crippen LogP contribution in [-0.2, 0) is 17.8 Å². The largest absolute Gasteiger partial charge is 0.454 e. The number of benzene rings is 1. The molecule has 0 spiro atoms. The average Bonchev–Trinajstić information content (AvgIpc) is 3.13. The fourth-order valence-electron chi connectivity index (χ4n) is 1.94. The molecule has 3 rings (SSSR count). The van der Waals surface area contributed by atoms with Crippen molar-refractivity contribution in [2.45, 2.75) is 19.4 Å². The second kappa shape index (κ2) is 5.92. The van der Waals surface area contributed by atoms with Crippen LogP contribution in [0.1, 0.15) is 17.0 Å². The zero-order valence-corrected chi connectivity index (χ0v) is 11.6. The van der Waals surface area contributed by atoms with Crippen molar-refractivity contribution >= 4 is 17.2 Å². The fraction of sp³-hybridized carbons (Fsp3) is 0.286. The van der Waals surface area contributed by atoms with Gasteiger partial charge in [0.05, 0.1) is 5.01 Å². The normalized spacial score (nSPS) is 12.4. The summed E-state index contributed by atoms with van der Waals surface area (Å²) < 4.78 is 10.5. The summed E-state index contributed by atoms with van der Waals surface area (Å²) in [6.07, 6.45) is 2.90. The molecule has 2 heterocycles. The molecule has 1 N–H and O–H groups in total. The van der Waals surface area contributed by atoms with Gasteiger partial charge in [-0.25, -0.2) is 4.98 Å². The summed E-state index contributed by atoms with van der Waals surface area (Å²) >= 11 is 1.57. The third kappa shape index (κ3) is 3.08. The van der Waals surface area contributed by atoms with Gasteiger partial charge >= 0.3 is 0 Å². The number of nitrogens with zero attached hydrogens (tertiary/aromatic N) is 1. The van der Waals surface area contributed by atoms with E-state index in [1.165, 1.54) is 0 Å². The van der Waals surface area contributed by atoms with E-state index >= 15 is 0 Å². The number of hydrogen-bond donors (Lipinski definition) is 1. The highest BCUT2D eigenvalue weighted by Crippen LogP contribution is 2.32. The zero-order valence-electron chi connectivity index (χ0n) is 10.8. The van der Waals surface area contributed by atoms with Crippen LogP contribution in [0.5, 0.6) is 11.5 Å². The van der Waals surface area contributed by atoms with Gasteiger partial charge in [-0.05, 0) is 17.7 Å². The van der Waals surface area contributed by atoms with Crippen molar-refractivity contribution < 1.29 is 14.3 Å². The van der Waals surface area contributed by atoms with Gasteiger partial charge in [0.2, 0.25) is 12.7 Å². The van der Waals surface area contributed by atoms with Gasteiger partial charge in [0, 0.05) is 31.0 Å². The van der Waals surface area contributed by atoms with Gasteiger partial charge in [-0.3, -0.25) is 4.79 Å². The number of carbonyl (C=O) groups excluding carboxylic acids is 1. The molecule has 0 fully saturated rings. The van der Waals surface area contributed by atoms with Crippen LogP contribution in [-0.4, -0.2) is 17.7 Å². The summed E-state index contributed by atoms with van der Waals surface area (Å²) in [7, 11) is 0. The summed E-state index contributed by atoms with van der Waals surface area (Å²) in [5.41, 5.74) is 0.997. The lowest BCUT2D eigenvalue weighted by atomic mass is 10.2. The lowest BCUT2D eigenvalue weighted by Gasteiger charge is -2.05. The van der Waals surface area contributed by atoms with E-state index in [9.17, 15) is 4.79 Å². The van der Waals surface area contributed by atoms with Gasteiger partial charge in [0.25, 0.3) is 0 Å². The van der Waals surface area contributed by atoms with Crippen molar-refractivity contribution in [3.05, 3.63) is 40.3 Å². The monoisotopic (exact) mass is 290 g/mol. The minimum absolute atomic E-state index is 0.0258. The Morgan fingerprint density at radius 3 is 3.10 bits per heavy atom. The summed E-state index contributed by atoms with van der Waals surface area (Å²) in [5, 5.41) is 5.80. The minimum Gasteiger partial charge on any atom is -0.454 e. The zero-order chi connectivity index (χ0) is 13.8. The van der Waals surface area contributed by atoms with Crippen molar-refractivity contribution in [2.24, 2.45) is 0 Å². The maximum Gasteiger partial charge on any atom is 0.231 e. The van der Waals surface area contributed by atoms with Gasteiger partial charge in [-0.1, -0.05) is 6.07 Å². The third-order valence-electron chi connectivity index (χ3n) is 2.98. The average molecular weight is 290 g/mol. The minimum atomic E-state index is 0.0258. The first-order valence-electron chi connectivity index (χ1n) is 6.35. The van der Waals surface area contributed by atoms with Gasteiger partial charge in [0.1, 0.15) is 0 Å². The Morgan fingerprint density at radius 1 is 1.35 bits per heavy atom. The number of carbonyl (C=O) groups is 1. The third-order valence-corrected chi connectivity index (χ3v) is 3.82. The van der Waals surface area contributed by atoms with Crippen LogP contribution in [0.15, 0.2) is 29.8 Å². The van der Waals surface area contributed by atoms with E-state index in [0.29, 0.717) is 19.4 Å². The maximum absolute atomic E-state index is 11.8. The summed E-state index contributed by atoms with van der Waals surface area (Å²) in [5.74, 6) is 1.52. The van der Waals surface area contributed by atoms with Crippen molar-refractivity contribution in [1.82, 2.24) is 10.3 Å². The molecule has 0 atom stereocenters. The molecule has 0 bridgehead atoms. The molecule has 0 saturated carbocycles. The molecule has 0 radical (unpaired) electrons. The van der Waals surface area contributed by atoms with Crippen LogP contribution in [0.3, 0.4) is 0 Å². The number of aromatic nitrogens is 1. The second-order valence-corrected chi connectivity index (χ2v) is 5.37. The lowest BCUT2D eigenvalue weighted by molar-refractivity contribution is -0.121. The predicted octanol–water partition coefficient (Wildman–Crippen LogP) is 2.12. The Kier molecular flexibility index (Phi) is 3.83. The molecule has 1 aromatic heterocycles. The Morgan fingerprint density at radius 2 is 2.25 bits per heavy atom. The van der Waals surface area contributed by atoms with Crippen LogP contribution in [0.4, 0.5) is 0 Å². The predicted molar refractivity (Wildman–Crippen MR) is 74.8 cm³/mol. The highest BCUT2D eigenvalue weighted by Gasteiger charge is 2.13. The standard InChI is InChI=1S/C14H14N2O3S/c17-13(3-4-14-15-5-6-20-14)16-8-10-1-2-11-12(7-10)19-9-18-11/h1-2,5-7H,3-4,8-9H2,(H,16,17). The highest BCUT2D eigenvalue weighted by molar-refractivity contribution is 7.09. The fourth-order valence-corrected chi connectivity index (χ4v) is 2.56. The number of hydrogen-bond acceptors (Lipinski definition) is 5. The molecule has 1 aromatic carbocycles. The van der Waals surface area contributed by atoms with Crippen LogP contribution >= 0.6 is 11.3 Å². The van der Waals surface area contributed by atoms with Crippen molar-refractivity contribution in [3.8, 4) is 11.5 Å². The van der Waals surface area contributed by atoms with E-state index in [1.807, 2.05) is 23.6 Å². The molecule has 0 saturated heterocycles. The van der Waals surface area contributed by atoms with Gasteiger partial charge in [0.15, 0.2) is 11.5 Å². The molecule has 20 heavy (non-hydrogen) atoms. The van der Waals surface area contributed by atoms with Crippen molar-refractivity contribution in [3.63, 3.8) is 0 Å². The Hall–Kier alpha value is -2.08. The van der Waals surface area contributed by atoms with E-state index in [4.69, 9.17) is 9.47 Å². The van der Waals surface area contributed by atoms with Crippen LogP contribution < -0.4 is 14.8 Å². The van der Waals surface area contributed by atoms with E-state index in [1.54, 1.807) is 17.5 Å². The lowest BCUT2D eigenvalue weighted by Crippen LogP contribution is -2.22. The maximum atomic E-state index is 11.8. The molecule has 6 heteroatoms. The van der Waals surface area contributed by atoms with Crippen LogP contribution in [0.25, 0.3) is 0 Å². The number of rotatable bonds is 5. The summed E-state index contributed by atoms with van der Waals surface area (Å²) in [6.45, 7) is 0.756. The second-order valence-electron chi connectivity index (χ2n) is 4.39. The van der Waals surface area contributed by atoms with E-state index in [2.05, 4.69) is 10.3 Å². The van der Waals surface area contributed by atoms with Gasteiger partial charge < -0.3 is 14.8 Å². The SMILES string of the molecule is O=C(CCc1nccs1)NCc1ccc2c(c1)OCO2. The number of fused-ring (bicyclic) bond motifs is 1. The molecule has 1 aliphatic heterocycles. The first kappa shape index (κ1) is 12.9. The quantitative estimate of drug-likeness (QED) is 0.916. The molecule has 0 unspecified atom stereocenters. The molecule has 1 aliphatic rings. The molecule has 5 nitrogen and oxygen atoms in total. The Labute approximate surface area is 120 Å². The van der Waals surface area contributed by atoms with Crippen LogP contribution in [0.2, 0.25) is 0 Å². The molecule has 1 amide bonds. The number of amides is 1. The van der Waals surface area contributed by atoms with Gasteiger partial charge in [-0.2, -0.15) is 0 Å². The summed E-state index contributed by atoms with van der Waals surface area (Å²) in [4.78, 5) is 15.9. The smallest absolute Gasteiger partial charge is 0.231 e.